The Morgan fingerprint density at radius 2 is 1.17 bits per heavy atom. The van der Waals surface area contributed by atoms with Gasteiger partial charge in [-0.25, -0.2) is 8.78 Å². The molecule has 5 N–H and O–H groups in total. The van der Waals surface area contributed by atoms with Crippen molar-refractivity contribution >= 4 is 34.4 Å². The zero-order valence-electron chi connectivity index (χ0n) is 35.6. The van der Waals surface area contributed by atoms with Crippen molar-refractivity contribution in [3.05, 3.63) is 169 Å². The van der Waals surface area contributed by atoms with Crippen LogP contribution in [-0.4, -0.2) is 67.6 Å². The summed E-state index contributed by atoms with van der Waals surface area (Å²) in [5.41, 5.74) is 14.3. The fraction of sp³-hybridized carbons (Fsp3) is 0.220. The zero-order valence-corrected chi connectivity index (χ0v) is 36.4. The molecular weight excluding hydrogens is 868 g/mol. The van der Waals surface area contributed by atoms with Crippen LogP contribution in [0.4, 0.5) is 31.5 Å². The molecule has 4 aromatic carbocycles. The summed E-state index contributed by atoms with van der Waals surface area (Å²) in [6, 6.07) is 26.0. The number of ether oxygens (including phenoxy) is 4. The van der Waals surface area contributed by atoms with Gasteiger partial charge in [-0.3, -0.25) is 14.6 Å². The number of morpholine rings is 2. The predicted octanol–water partition coefficient (Wildman–Crippen LogP) is 8.67. The smallest absolute Gasteiger partial charge is 0.250 e. The number of rotatable bonds is 7. The van der Waals surface area contributed by atoms with Crippen LogP contribution in [0.25, 0.3) is 22.5 Å². The van der Waals surface area contributed by atoms with E-state index in [1.165, 1.54) is 24.3 Å². The minimum Gasteiger partial charge on any atom is -0.456 e. The number of nitrogens with one attached hydrogen (secondary N) is 3. The molecule has 0 bridgehead atoms. The molecule has 11 rings (SSSR count). The highest BCUT2D eigenvalue weighted by molar-refractivity contribution is 6.30. The Labute approximate surface area is 382 Å². The first kappa shape index (κ1) is 42.7. The lowest BCUT2D eigenvalue weighted by Crippen LogP contribution is -2.36. The van der Waals surface area contributed by atoms with Crippen LogP contribution in [0.5, 0.6) is 23.0 Å². The van der Waals surface area contributed by atoms with Crippen molar-refractivity contribution in [1.29, 1.82) is 0 Å². The van der Waals surface area contributed by atoms with Crippen molar-refractivity contribution in [3.63, 3.8) is 0 Å². The molecule has 7 aromatic rings. The van der Waals surface area contributed by atoms with Crippen LogP contribution in [0, 0.1) is 11.6 Å². The lowest BCUT2D eigenvalue weighted by atomic mass is 9.95. The number of halogens is 3. The normalized spacial score (nSPS) is 14.9. The minimum atomic E-state index is -0.453. The second-order valence-electron chi connectivity index (χ2n) is 16.4. The van der Waals surface area contributed by atoms with E-state index in [-0.39, 0.29) is 22.2 Å². The molecule has 4 aliphatic heterocycles. The first-order valence-corrected chi connectivity index (χ1v) is 22.0. The second kappa shape index (κ2) is 18.4. The first-order valence-electron chi connectivity index (χ1n) is 21.6. The van der Waals surface area contributed by atoms with E-state index < -0.39 is 11.6 Å². The summed E-state index contributed by atoms with van der Waals surface area (Å²) >= 11 is 6.03. The van der Waals surface area contributed by atoms with Crippen molar-refractivity contribution in [1.82, 2.24) is 15.0 Å². The second-order valence-corrected chi connectivity index (χ2v) is 16.8. The van der Waals surface area contributed by atoms with E-state index in [9.17, 15) is 14.0 Å². The number of fused-ring (bicyclic) bond motifs is 4. The van der Waals surface area contributed by atoms with Gasteiger partial charge in [-0.05, 0) is 72.3 Å². The maximum absolute atomic E-state index is 15.2. The SMILES string of the molecule is Nc1ccc2c(c1)Cc1ccc(F)c(-c3cc(N4CCOCC4)cc(=O)[nH]3)c1O2.O=c1cc(N2CCOCC2)cc(-c2c(F)ccc3c2Oc2ccc(NCc4cncc(Cl)c4)cc2C3)[nH]1. The van der Waals surface area contributed by atoms with E-state index in [1.54, 1.807) is 42.7 Å². The van der Waals surface area contributed by atoms with Gasteiger partial charge in [0.05, 0.1) is 54.0 Å². The van der Waals surface area contributed by atoms with E-state index >= 15 is 4.39 Å². The summed E-state index contributed by atoms with van der Waals surface area (Å²) in [7, 11) is 0. The Morgan fingerprint density at radius 3 is 1.71 bits per heavy atom. The van der Waals surface area contributed by atoms with Gasteiger partial charge in [0.25, 0.3) is 0 Å². The first-order chi connectivity index (χ1) is 32.1. The van der Waals surface area contributed by atoms with Crippen molar-refractivity contribution < 1.29 is 27.7 Å². The van der Waals surface area contributed by atoms with E-state index in [4.69, 9.17) is 36.3 Å². The Balaban J connectivity index is 0.000000160. The number of pyridine rings is 3. The number of hydrogen-bond donors (Lipinski definition) is 4. The van der Waals surface area contributed by atoms with Crippen LogP contribution in [0.1, 0.15) is 27.8 Å². The monoisotopic (exact) mass is 911 g/mol. The fourth-order valence-corrected chi connectivity index (χ4v) is 8.90. The van der Waals surface area contributed by atoms with Crippen LogP contribution < -0.4 is 41.4 Å². The molecule has 3 aromatic heterocycles. The van der Waals surface area contributed by atoms with Crippen molar-refractivity contribution in [2.45, 2.75) is 19.4 Å². The summed E-state index contributed by atoms with van der Waals surface area (Å²) < 4.78 is 53.3. The van der Waals surface area contributed by atoms with Crippen molar-refractivity contribution in [2.75, 3.05) is 73.5 Å². The summed E-state index contributed by atoms with van der Waals surface area (Å²) in [6.45, 7) is 5.66. The number of hydrogen-bond acceptors (Lipinski definition) is 11. The third-order valence-corrected chi connectivity index (χ3v) is 12.1. The number of aromatic nitrogens is 3. The summed E-state index contributed by atoms with van der Waals surface area (Å²) in [6.07, 6.45) is 4.52. The average molecular weight is 912 g/mol. The Bertz CT molecular complexity index is 3100. The molecule has 2 fully saturated rings. The quantitative estimate of drug-likeness (QED) is 0.113. The molecule has 2 saturated heterocycles. The maximum Gasteiger partial charge on any atom is 0.250 e. The summed E-state index contributed by atoms with van der Waals surface area (Å²) in [5, 5.41) is 3.98. The third kappa shape index (κ3) is 9.05. The molecule has 0 atom stereocenters. The number of nitrogen functional groups attached to an aromatic ring is 1. The van der Waals surface area contributed by atoms with Gasteiger partial charge in [0.2, 0.25) is 11.1 Å². The van der Waals surface area contributed by atoms with Gasteiger partial charge in [-0.15, -0.1) is 0 Å². The van der Waals surface area contributed by atoms with Gasteiger partial charge in [0.15, 0.2) is 0 Å². The van der Waals surface area contributed by atoms with E-state index in [0.717, 1.165) is 44.9 Å². The molecule has 336 valence electrons. The van der Waals surface area contributed by atoms with Gasteiger partial charge in [0.1, 0.15) is 34.6 Å². The molecular formula is C50H44ClF2N7O6. The Kier molecular flexibility index (Phi) is 11.9. The molecule has 0 unspecified atom stereocenters. The molecule has 0 spiro atoms. The molecule has 13 nitrogen and oxygen atoms in total. The van der Waals surface area contributed by atoms with Crippen molar-refractivity contribution in [2.24, 2.45) is 0 Å². The molecule has 66 heavy (non-hydrogen) atoms. The highest BCUT2D eigenvalue weighted by Crippen LogP contribution is 2.46. The van der Waals surface area contributed by atoms with Gasteiger partial charge in [-0.1, -0.05) is 23.7 Å². The van der Waals surface area contributed by atoms with E-state index in [0.29, 0.717) is 117 Å². The summed E-state index contributed by atoms with van der Waals surface area (Å²) in [4.78, 5) is 38.7. The minimum absolute atomic E-state index is 0.256. The maximum atomic E-state index is 15.2. The number of aromatic amines is 2. The van der Waals surface area contributed by atoms with Crippen molar-refractivity contribution in [3.8, 4) is 45.5 Å². The van der Waals surface area contributed by atoms with E-state index in [1.807, 2.05) is 36.4 Å². The molecule has 7 heterocycles. The van der Waals surface area contributed by atoms with Gasteiger partial charge >= 0.3 is 0 Å². The number of H-pyrrole nitrogens is 2. The topological polar surface area (TPSA) is 160 Å². The van der Waals surface area contributed by atoms with Gasteiger partial charge in [-0.2, -0.15) is 0 Å². The summed E-state index contributed by atoms with van der Waals surface area (Å²) in [5.74, 6) is 1.25. The number of nitrogens with two attached hydrogens (primary N) is 1. The molecule has 0 aliphatic carbocycles. The van der Waals surface area contributed by atoms with Crippen LogP contribution in [0.15, 0.2) is 113 Å². The lowest BCUT2D eigenvalue weighted by molar-refractivity contribution is 0.122. The van der Waals surface area contributed by atoms with Gasteiger partial charge in [0, 0.05) is 115 Å². The fourth-order valence-electron chi connectivity index (χ4n) is 8.70. The van der Waals surface area contributed by atoms with Crippen LogP contribution in [0.3, 0.4) is 0 Å². The number of anilines is 4. The van der Waals surface area contributed by atoms with Crippen LogP contribution in [-0.2, 0) is 28.9 Å². The molecule has 0 amide bonds. The van der Waals surface area contributed by atoms with E-state index in [2.05, 4.69) is 30.1 Å². The highest BCUT2D eigenvalue weighted by Gasteiger charge is 2.27. The Hall–Kier alpha value is -7.20. The van der Waals surface area contributed by atoms with Gasteiger partial charge < -0.3 is 49.8 Å². The molecule has 16 heteroatoms. The zero-order chi connectivity index (χ0) is 45.3. The largest absolute Gasteiger partial charge is 0.456 e. The number of benzene rings is 4. The molecule has 4 aliphatic rings. The van der Waals surface area contributed by atoms with Crippen LogP contribution in [0.2, 0.25) is 5.02 Å². The number of nitrogens with zero attached hydrogens (tertiary/aromatic N) is 3. The highest BCUT2D eigenvalue weighted by atomic mass is 35.5. The Morgan fingerprint density at radius 1 is 0.636 bits per heavy atom. The predicted molar refractivity (Wildman–Crippen MR) is 251 cm³/mol. The molecule has 0 radical (unpaired) electrons. The lowest BCUT2D eigenvalue weighted by Gasteiger charge is -2.29. The molecule has 0 saturated carbocycles. The average Bonchev–Trinajstić information content (AvgIpc) is 3.32. The van der Waals surface area contributed by atoms with Crippen LogP contribution >= 0.6 is 11.6 Å². The third-order valence-electron chi connectivity index (χ3n) is 11.9. The standard InChI is InChI=1S/C28H24ClFN4O3.C22H20FN3O3/c29-20-9-17(14-31-16-20)15-32-21-2-4-25-19(11-21)10-18-1-3-23(30)27(28(18)37-25)24-12-22(13-26(35)33-24)34-5-7-36-8-6-34;23-17-3-1-13-9-14-10-15(24)2-4-19(14)29-22(13)21(17)18-11-16(12-20(27)25-18)26-5-7-28-8-6-26/h1-4,9,11-14,16,32H,5-8,10,15H2,(H,33,35);1-4,10-12H,5-9,24H2,(H,25,27).